The van der Waals surface area contributed by atoms with Gasteiger partial charge in [0.2, 0.25) is 0 Å². The average molecular weight is 327 g/mol. The number of halogens is 2. The van der Waals surface area contributed by atoms with Gasteiger partial charge in [-0.25, -0.2) is 13.6 Å². The standard InChI is InChI=1S/C17H23F2NO3/c1-17(2,3)23-16(22)20-6-4-11(5-7-20)12-8-14(18)13(10-21)15(19)9-12/h8-9,11,21H,4-7,10H2,1-3H3. The number of benzene rings is 1. The number of hydrogen-bond acceptors (Lipinski definition) is 3. The van der Waals surface area contributed by atoms with Crippen LogP contribution in [0.15, 0.2) is 12.1 Å². The van der Waals surface area contributed by atoms with Gasteiger partial charge in [0.15, 0.2) is 0 Å². The summed E-state index contributed by atoms with van der Waals surface area (Å²) < 4.78 is 32.9. The Morgan fingerprint density at radius 2 is 1.78 bits per heavy atom. The Bertz CT molecular complexity index is 553. The Hall–Kier alpha value is -1.69. The molecule has 6 heteroatoms. The first-order chi connectivity index (χ1) is 10.7. The Kier molecular flexibility index (Phi) is 5.24. The molecule has 1 saturated heterocycles. The number of carbonyl (C=O) groups is 1. The number of aliphatic hydroxyl groups excluding tert-OH is 1. The van der Waals surface area contributed by atoms with Crippen molar-refractivity contribution in [3.63, 3.8) is 0 Å². The quantitative estimate of drug-likeness (QED) is 0.903. The van der Waals surface area contributed by atoms with Gasteiger partial charge in [0.1, 0.15) is 17.2 Å². The van der Waals surface area contributed by atoms with E-state index in [9.17, 15) is 13.6 Å². The smallest absolute Gasteiger partial charge is 0.410 e. The maximum absolute atomic E-state index is 13.8. The fourth-order valence-electron chi connectivity index (χ4n) is 2.73. The molecule has 0 spiro atoms. The third kappa shape index (κ3) is 4.41. The van der Waals surface area contributed by atoms with Crippen molar-refractivity contribution in [2.75, 3.05) is 13.1 Å². The number of hydrogen-bond donors (Lipinski definition) is 1. The zero-order valence-electron chi connectivity index (χ0n) is 13.7. The Labute approximate surface area is 135 Å². The summed E-state index contributed by atoms with van der Waals surface area (Å²) in [5.74, 6) is -1.46. The van der Waals surface area contributed by atoms with Crippen LogP contribution in [0.2, 0.25) is 0 Å². The van der Waals surface area contributed by atoms with Crippen molar-refractivity contribution >= 4 is 6.09 Å². The topological polar surface area (TPSA) is 49.8 Å². The van der Waals surface area contributed by atoms with Crippen molar-refractivity contribution in [3.8, 4) is 0 Å². The lowest BCUT2D eigenvalue weighted by Crippen LogP contribution is -2.41. The van der Waals surface area contributed by atoms with Crippen LogP contribution in [0.4, 0.5) is 13.6 Å². The molecular formula is C17H23F2NO3. The molecule has 0 aromatic heterocycles. The largest absolute Gasteiger partial charge is 0.444 e. The van der Waals surface area contributed by atoms with Crippen LogP contribution in [-0.4, -0.2) is 34.8 Å². The SMILES string of the molecule is CC(C)(C)OC(=O)N1CCC(c2cc(F)c(CO)c(F)c2)CC1. The summed E-state index contributed by atoms with van der Waals surface area (Å²) in [4.78, 5) is 13.6. The van der Waals surface area contributed by atoms with Crippen LogP contribution in [0.25, 0.3) is 0 Å². The third-order valence-electron chi connectivity index (χ3n) is 3.94. The highest BCUT2D eigenvalue weighted by atomic mass is 19.1. The van der Waals surface area contributed by atoms with E-state index in [1.54, 1.807) is 4.90 Å². The molecule has 23 heavy (non-hydrogen) atoms. The van der Waals surface area contributed by atoms with E-state index in [1.165, 1.54) is 12.1 Å². The average Bonchev–Trinajstić information content (AvgIpc) is 2.45. The van der Waals surface area contributed by atoms with E-state index in [0.717, 1.165) is 0 Å². The van der Waals surface area contributed by atoms with E-state index in [4.69, 9.17) is 9.84 Å². The van der Waals surface area contributed by atoms with Crippen LogP contribution in [0, 0.1) is 11.6 Å². The van der Waals surface area contributed by atoms with E-state index < -0.39 is 23.8 Å². The second-order valence-electron chi connectivity index (χ2n) is 6.86. The molecule has 1 aromatic carbocycles. The number of carbonyl (C=O) groups excluding carboxylic acids is 1. The van der Waals surface area contributed by atoms with Crippen molar-refractivity contribution in [1.29, 1.82) is 0 Å². The van der Waals surface area contributed by atoms with Gasteiger partial charge in [-0.1, -0.05) is 0 Å². The molecule has 0 unspecified atom stereocenters. The lowest BCUT2D eigenvalue weighted by Gasteiger charge is -2.33. The zero-order chi connectivity index (χ0) is 17.2. The molecule has 1 aliphatic rings. The molecule has 1 heterocycles. The van der Waals surface area contributed by atoms with Gasteiger partial charge in [-0.2, -0.15) is 0 Å². The fourth-order valence-corrected chi connectivity index (χ4v) is 2.73. The van der Waals surface area contributed by atoms with Crippen LogP contribution < -0.4 is 0 Å². The minimum atomic E-state index is -0.725. The van der Waals surface area contributed by atoms with Crippen LogP contribution in [0.5, 0.6) is 0 Å². The minimum Gasteiger partial charge on any atom is -0.444 e. The molecule has 1 N–H and O–H groups in total. The molecule has 2 rings (SSSR count). The summed E-state index contributed by atoms with van der Waals surface area (Å²) in [6.45, 7) is 5.76. The van der Waals surface area contributed by atoms with E-state index in [0.29, 0.717) is 31.5 Å². The Balaban J connectivity index is 2.01. The molecule has 0 radical (unpaired) electrons. The first kappa shape index (κ1) is 17.7. The molecule has 1 fully saturated rings. The molecule has 1 aromatic rings. The summed E-state index contributed by atoms with van der Waals surface area (Å²) in [6.07, 6.45) is 0.886. The lowest BCUT2D eigenvalue weighted by molar-refractivity contribution is 0.0204. The van der Waals surface area contributed by atoms with Crippen molar-refractivity contribution in [1.82, 2.24) is 4.90 Å². The Morgan fingerprint density at radius 1 is 1.26 bits per heavy atom. The summed E-state index contributed by atoms with van der Waals surface area (Å²) in [6, 6.07) is 2.56. The van der Waals surface area contributed by atoms with Crippen molar-refractivity contribution in [3.05, 3.63) is 34.9 Å². The minimum absolute atomic E-state index is 0.00886. The van der Waals surface area contributed by atoms with Gasteiger partial charge in [-0.3, -0.25) is 0 Å². The highest BCUT2D eigenvalue weighted by molar-refractivity contribution is 5.68. The molecule has 0 atom stereocenters. The van der Waals surface area contributed by atoms with E-state index in [2.05, 4.69) is 0 Å². The van der Waals surface area contributed by atoms with Crippen molar-refractivity contribution in [2.45, 2.75) is 51.7 Å². The molecule has 1 amide bonds. The van der Waals surface area contributed by atoms with E-state index >= 15 is 0 Å². The monoisotopic (exact) mass is 327 g/mol. The third-order valence-corrected chi connectivity index (χ3v) is 3.94. The van der Waals surface area contributed by atoms with Gasteiger partial charge in [0, 0.05) is 18.7 Å². The summed E-state index contributed by atoms with van der Waals surface area (Å²) in [5.41, 5.74) is -0.277. The number of nitrogens with zero attached hydrogens (tertiary/aromatic N) is 1. The Morgan fingerprint density at radius 3 is 2.22 bits per heavy atom. The molecule has 0 aliphatic carbocycles. The predicted octanol–water partition coefficient (Wildman–Crippen LogP) is 3.57. The molecule has 0 bridgehead atoms. The van der Waals surface area contributed by atoms with E-state index in [1.807, 2.05) is 20.8 Å². The molecule has 4 nitrogen and oxygen atoms in total. The lowest BCUT2D eigenvalue weighted by atomic mass is 9.89. The van der Waals surface area contributed by atoms with Crippen molar-refractivity contribution < 1.29 is 23.4 Å². The maximum atomic E-state index is 13.8. The predicted molar refractivity (Wildman–Crippen MR) is 82.1 cm³/mol. The molecule has 1 aliphatic heterocycles. The summed E-state index contributed by atoms with van der Waals surface area (Å²) >= 11 is 0. The van der Waals surface area contributed by atoms with Crippen LogP contribution >= 0.6 is 0 Å². The molecule has 128 valence electrons. The highest BCUT2D eigenvalue weighted by Crippen LogP contribution is 2.30. The first-order valence-electron chi connectivity index (χ1n) is 7.78. The zero-order valence-corrected chi connectivity index (χ0v) is 13.7. The first-order valence-corrected chi connectivity index (χ1v) is 7.78. The number of aliphatic hydroxyl groups is 1. The number of rotatable bonds is 2. The van der Waals surface area contributed by atoms with Crippen LogP contribution in [0.3, 0.4) is 0 Å². The second kappa shape index (κ2) is 6.83. The number of amides is 1. The second-order valence-corrected chi connectivity index (χ2v) is 6.86. The fraction of sp³-hybridized carbons (Fsp3) is 0.588. The summed E-state index contributed by atoms with van der Waals surface area (Å²) in [5, 5.41) is 8.95. The normalized spacial score (nSPS) is 16.5. The highest BCUT2D eigenvalue weighted by Gasteiger charge is 2.28. The number of piperidine rings is 1. The van der Waals surface area contributed by atoms with E-state index in [-0.39, 0.29) is 17.6 Å². The number of likely N-dealkylation sites (tertiary alicyclic amines) is 1. The van der Waals surface area contributed by atoms with Gasteiger partial charge in [-0.15, -0.1) is 0 Å². The van der Waals surface area contributed by atoms with Crippen LogP contribution in [0.1, 0.15) is 50.7 Å². The van der Waals surface area contributed by atoms with Gasteiger partial charge >= 0.3 is 6.09 Å². The summed E-state index contributed by atoms with van der Waals surface area (Å²) in [7, 11) is 0. The molecule has 0 saturated carbocycles. The van der Waals surface area contributed by atoms with Gasteiger partial charge in [0.05, 0.1) is 6.61 Å². The van der Waals surface area contributed by atoms with Gasteiger partial charge in [-0.05, 0) is 57.2 Å². The van der Waals surface area contributed by atoms with Gasteiger partial charge < -0.3 is 14.7 Å². The number of ether oxygens (including phenoxy) is 1. The van der Waals surface area contributed by atoms with Crippen molar-refractivity contribution in [2.24, 2.45) is 0 Å². The van der Waals surface area contributed by atoms with Crippen LogP contribution in [-0.2, 0) is 11.3 Å². The van der Waals surface area contributed by atoms with Gasteiger partial charge in [0.25, 0.3) is 0 Å². The maximum Gasteiger partial charge on any atom is 0.410 e. The molecular weight excluding hydrogens is 304 g/mol.